The first kappa shape index (κ1) is 13.4. The van der Waals surface area contributed by atoms with Gasteiger partial charge in [0.2, 0.25) is 5.82 Å². The molecule has 23 heavy (non-hydrogen) atoms. The van der Waals surface area contributed by atoms with E-state index in [9.17, 15) is 0 Å². The first-order chi connectivity index (χ1) is 11.2. The Hall–Kier alpha value is -3.28. The zero-order valence-corrected chi connectivity index (χ0v) is 12.5. The summed E-state index contributed by atoms with van der Waals surface area (Å²) in [6.45, 7) is 2.02. The Bertz CT molecular complexity index is 991. The standard InChI is InChI=1S/C17H14N6/c1-11-10-19-7-5-13(11)12-8-15(18)23-16(9-12)21-17(22-23)14-4-2-3-6-20-14/h2-10H,18H2,1H3. The molecule has 0 fully saturated rings. The first-order valence-corrected chi connectivity index (χ1v) is 7.21. The zero-order chi connectivity index (χ0) is 15.8. The summed E-state index contributed by atoms with van der Waals surface area (Å²) in [6.07, 6.45) is 5.32. The van der Waals surface area contributed by atoms with Gasteiger partial charge >= 0.3 is 0 Å². The molecule has 0 saturated carbocycles. The normalized spacial score (nSPS) is 11.0. The minimum atomic E-state index is 0.531. The van der Waals surface area contributed by atoms with E-state index in [1.807, 2.05) is 49.5 Å². The summed E-state index contributed by atoms with van der Waals surface area (Å²) >= 11 is 0. The van der Waals surface area contributed by atoms with Crippen molar-refractivity contribution in [1.29, 1.82) is 0 Å². The number of fused-ring (bicyclic) bond motifs is 1. The third kappa shape index (κ3) is 2.30. The van der Waals surface area contributed by atoms with Crippen LogP contribution in [0.2, 0.25) is 0 Å². The van der Waals surface area contributed by atoms with Gasteiger partial charge in [-0.1, -0.05) is 6.07 Å². The van der Waals surface area contributed by atoms with Gasteiger partial charge in [0.05, 0.1) is 0 Å². The Morgan fingerprint density at radius 3 is 2.78 bits per heavy atom. The van der Waals surface area contributed by atoms with Crippen LogP contribution in [0.4, 0.5) is 5.82 Å². The SMILES string of the molecule is Cc1cnccc1-c1cc(N)n2nc(-c3ccccn3)nc2c1. The minimum absolute atomic E-state index is 0.531. The molecule has 0 aliphatic heterocycles. The second-order valence-electron chi connectivity index (χ2n) is 5.28. The van der Waals surface area contributed by atoms with Crippen LogP contribution in [-0.4, -0.2) is 24.6 Å². The Morgan fingerprint density at radius 2 is 2.00 bits per heavy atom. The molecule has 6 heteroatoms. The van der Waals surface area contributed by atoms with Crippen molar-refractivity contribution in [3.8, 4) is 22.6 Å². The number of hydrogen-bond acceptors (Lipinski definition) is 5. The van der Waals surface area contributed by atoms with Crippen LogP contribution in [0.1, 0.15) is 5.56 Å². The Morgan fingerprint density at radius 1 is 1.09 bits per heavy atom. The molecule has 0 amide bonds. The zero-order valence-electron chi connectivity index (χ0n) is 12.5. The molecular formula is C17H14N6. The van der Waals surface area contributed by atoms with Crippen LogP contribution in [0.25, 0.3) is 28.3 Å². The number of aromatic nitrogens is 5. The molecule has 0 bridgehead atoms. The molecule has 4 rings (SSSR count). The molecule has 0 atom stereocenters. The number of nitrogens with zero attached hydrogens (tertiary/aromatic N) is 5. The second-order valence-corrected chi connectivity index (χ2v) is 5.28. The molecule has 4 heterocycles. The largest absolute Gasteiger partial charge is 0.384 e. The molecule has 0 unspecified atom stereocenters. The molecule has 112 valence electrons. The van der Waals surface area contributed by atoms with Gasteiger partial charge in [-0.15, -0.1) is 5.10 Å². The maximum atomic E-state index is 6.16. The van der Waals surface area contributed by atoms with Crippen molar-refractivity contribution in [1.82, 2.24) is 24.6 Å². The van der Waals surface area contributed by atoms with Crippen molar-refractivity contribution >= 4 is 11.5 Å². The van der Waals surface area contributed by atoms with Gasteiger partial charge in [-0.3, -0.25) is 9.97 Å². The highest BCUT2D eigenvalue weighted by molar-refractivity contribution is 5.73. The van der Waals surface area contributed by atoms with Crippen LogP contribution in [0.5, 0.6) is 0 Å². The van der Waals surface area contributed by atoms with E-state index in [-0.39, 0.29) is 0 Å². The lowest BCUT2D eigenvalue weighted by atomic mass is 10.0. The molecule has 0 saturated heterocycles. The van der Waals surface area contributed by atoms with Crippen LogP contribution >= 0.6 is 0 Å². The molecule has 0 radical (unpaired) electrons. The summed E-state index contributed by atoms with van der Waals surface area (Å²) in [5.41, 5.74) is 10.7. The molecule has 0 spiro atoms. The van der Waals surface area contributed by atoms with Gasteiger partial charge in [0.25, 0.3) is 0 Å². The van der Waals surface area contributed by atoms with E-state index < -0.39 is 0 Å². The third-order valence-electron chi connectivity index (χ3n) is 3.69. The van der Waals surface area contributed by atoms with E-state index in [1.54, 1.807) is 16.9 Å². The molecule has 4 aromatic heterocycles. The van der Waals surface area contributed by atoms with E-state index in [2.05, 4.69) is 20.1 Å². The number of nitrogens with two attached hydrogens (primary N) is 1. The topological polar surface area (TPSA) is 82.0 Å². The summed E-state index contributed by atoms with van der Waals surface area (Å²) in [7, 11) is 0. The fraction of sp³-hybridized carbons (Fsp3) is 0.0588. The molecule has 6 nitrogen and oxygen atoms in total. The predicted molar refractivity (Wildman–Crippen MR) is 88.6 cm³/mol. The maximum absolute atomic E-state index is 6.16. The summed E-state index contributed by atoms with van der Waals surface area (Å²) in [4.78, 5) is 13.0. The van der Waals surface area contributed by atoms with Gasteiger partial charge in [0, 0.05) is 18.6 Å². The average molecular weight is 302 g/mol. The highest BCUT2D eigenvalue weighted by Crippen LogP contribution is 2.26. The molecule has 4 aromatic rings. The number of anilines is 1. The van der Waals surface area contributed by atoms with Crippen LogP contribution in [0.15, 0.2) is 55.0 Å². The minimum Gasteiger partial charge on any atom is -0.384 e. The monoisotopic (exact) mass is 302 g/mol. The van der Waals surface area contributed by atoms with Crippen molar-refractivity contribution < 1.29 is 0 Å². The van der Waals surface area contributed by atoms with Crippen molar-refractivity contribution in [3.05, 3.63) is 60.6 Å². The lowest BCUT2D eigenvalue weighted by Crippen LogP contribution is -1.99. The third-order valence-corrected chi connectivity index (χ3v) is 3.69. The van der Waals surface area contributed by atoms with Gasteiger partial charge in [0.15, 0.2) is 5.65 Å². The van der Waals surface area contributed by atoms with E-state index in [1.165, 1.54) is 0 Å². The van der Waals surface area contributed by atoms with Crippen molar-refractivity contribution in [2.45, 2.75) is 6.92 Å². The quantitative estimate of drug-likeness (QED) is 0.615. The Kier molecular flexibility index (Phi) is 3.01. The van der Waals surface area contributed by atoms with Crippen molar-refractivity contribution in [3.63, 3.8) is 0 Å². The number of nitrogen functional groups attached to an aromatic ring is 1. The Balaban J connectivity index is 1.90. The van der Waals surface area contributed by atoms with E-state index in [4.69, 9.17) is 5.73 Å². The van der Waals surface area contributed by atoms with Crippen LogP contribution in [-0.2, 0) is 0 Å². The highest BCUT2D eigenvalue weighted by Gasteiger charge is 2.12. The van der Waals surface area contributed by atoms with Crippen LogP contribution in [0.3, 0.4) is 0 Å². The number of rotatable bonds is 2. The van der Waals surface area contributed by atoms with Gasteiger partial charge in [-0.05, 0) is 53.9 Å². The average Bonchev–Trinajstić information content (AvgIpc) is 3.01. The fourth-order valence-corrected chi connectivity index (χ4v) is 2.57. The lowest BCUT2D eigenvalue weighted by Gasteiger charge is -2.07. The smallest absolute Gasteiger partial charge is 0.200 e. The molecular weight excluding hydrogens is 288 g/mol. The summed E-state index contributed by atoms with van der Waals surface area (Å²) in [5.74, 6) is 1.09. The molecule has 0 aliphatic carbocycles. The maximum Gasteiger partial charge on any atom is 0.200 e. The van der Waals surface area contributed by atoms with Crippen molar-refractivity contribution in [2.75, 3.05) is 5.73 Å². The summed E-state index contributed by atoms with van der Waals surface area (Å²) < 4.78 is 1.63. The van der Waals surface area contributed by atoms with Crippen LogP contribution < -0.4 is 5.73 Å². The first-order valence-electron chi connectivity index (χ1n) is 7.21. The number of hydrogen-bond donors (Lipinski definition) is 1. The molecule has 2 N–H and O–H groups in total. The van der Waals surface area contributed by atoms with Crippen LogP contribution in [0, 0.1) is 6.92 Å². The molecule has 0 aromatic carbocycles. The number of aryl methyl sites for hydroxylation is 1. The van der Waals surface area contributed by atoms with Gasteiger partial charge in [0.1, 0.15) is 11.5 Å². The van der Waals surface area contributed by atoms with Crippen molar-refractivity contribution in [2.24, 2.45) is 0 Å². The Labute approximate surface area is 132 Å². The molecule has 0 aliphatic rings. The summed E-state index contributed by atoms with van der Waals surface area (Å²) in [6, 6.07) is 11.5. The van der Waals surface area contributed by atoms with E-state index in [0.29, 0.717) is 17.3 Å². The fourth-order valence-electron chi connectivity index (χ4n) is 2.57. The predicted octanol–water partition coefficient (Wildman–Crippen LogP) is 2.74. The van der Waals surface area contributed by atoms with E-state index >= 15 is 0 Å². The van der Waals surface area contributed by atoms with Gasteiger partial charge in [-0.2, -0.15) is 4.52 Å². The highest BCUT2D eigenvalue weighted by atomic mass is 15.3. The van der Waals surface area contributed by atoms with E-state index in [0.717, 1.165) is 22.4 Å². The lowest BCUT2D eigenvalue weighted by molar-refractivity contribution is 0.974. The van der Waals surface area contributed by atoms with Gasteiger partial charge < -0.3 is 5.73 Å². The number of pyridine rings is 3. The second kappa shape index (κ2) is 5.17. The summed E-state index contributed by atoms with van der Waals surface area (Å²) in [5, 5.41) is 4.45. The van der Waals surface area contributed by atoms with Gasteiger partial charge in [-0.25, -0.2) is 4.98 Å².